The molecule has 266 valence electrons. The average Bonchev–Trinajstić information content (AvgIpc) is 3.04. The van der Waals surface area contributed by atoms with Gasteiger partial charge in [0.2, 0.25) is 0 Å². The van der Waals surface area contributed by atoms with Crippen molar-refractivity contribution in [1.29, 1.82) is 0 Å². The van der Waals surface area contributed by atoms with Crippen molar-refractivity contribution in [2.24, 2.45) is 0 Å². The second-order valence-electron chi connectivity index (χ2n) is 14.2. The fourth-order valence-corrected chi connectivity index (χ4v) is 7.06. The SMILES string of the molecule is CCCCCCCCCCCCCCCCC(C(=O)O)c1ccccc1C(CCCCCCCCCCCCCCCC)C(=O)O. The molecule has 0 radical (unpaired) electrons. The number of carboxylic acids is 2. The van der Waals surface area contributed by atoms with Gasteiger partial charge in [0.05, 0.1) is 11.8 Å². The van der Waals surface area contributed by atoms with E-state index in [1.807, 2.05) is 24.3 Å². The van der Waals surface area contributed by atoms with Gasteiger partial charge in [0, 0.05) is 0 Å². The maximum absolute atomic E-state index is 12.4. The summed E-state index contributed by atoms with van der Waals surface area (Å²) >= 11 is 0. The van der Waals surface area contributed by atoms with Crippen LogP contribution in [0.25, 0.3) is 0 Å². The summed E-state index contributed by atoms with van der Waals surface area (Å²) < 4.78 is 0. The number of hydrogen-bond donors (Lipinski definition) is 2. The summed E-state index contributed by atoms with van der Waals surface area (Å²) in [4.78, 5) is 24.7. The van der Waals surface area contributed by atoms with Crippen molar-refractivity contribution in [2.45, 2.75) is 218 Å². The molecule has 0 amide bonds. The van der Waals surface area contributed by atoms with Crippen LogP contribution in [0.2, 0.25) is 0 Å². The number of hydrogen-bond acceptors (Lipinski definition) is 2. The molecular weight excluding hydrogens is 568 g/mol. The van der Waals surface area contributed by atoms with Gasteiger partial charge in [-0.25, -0.2) is 0 Å². The highest BCUT2D eigenvalue weighted by Crippen LogP contribution is 2.33. The van der Waals surface area contributed by atoms with Crippen molar-refractivity contribution >= 4 is 11.9 Å². The van der Waals surface area contributed by atoms with Gasteiger partial charge in [0.1, 0.15) is 0 Å². The van der Waals surface area contributed by atoms with Gasteiger partial charge in [-0.2, -0.15) is 0 Å². The minimum absolute atomic E-state index is 0.579. The van der Waals surface area contributed by atoms with Gasteiger partial charge < -0.3 is 10.2 Å². The highest BCUT2D eigenvalue weighted by Gasteiger charge is 2.28. The first-order chi connectivity index (χ1) is 22.5. The van der Waals surface area contributed by atoms with Crippen LogP contribution in [0.3, 0.4) is 0 Å². The zero-order valence-electron chi connectivity index (χ0n) is 30.4. The standard InChI is InChI=1S/C42H74O4/c1-3-5-7-9-11-13-15-17-19-21-23-25-27-29-35-39(41(43)44)37-33-31-32-34-38(37)40(42(45)46)36-30-28-26-24-22-20-18-16-14-12-10-8-6-4-2/h31-34,39-40H,3-30,35-36H2,1-2H3,(H,43,44)(H,45,46). The first-order valence-corrected chi connectivity index (χ1v) is 20.1. The van der Waals surface area contributed by atoms with E-state index >= 15 is 0 Å². The fraction of sp³-hybridized carbons (Fsp3) is 0.810. The first kappa shape index (κ1) is 42.2. The molecule has 2 atom stereocenters. The molecular formula is C42H74O4. The van der Waals surface area contributed by atoms with E-state index in [0.717, 1.165) is 38.5 Å². The molecule has 4 nitrogen and oxygen atoms in total. The predicted octanol–water partition coefficient (Wildman–Crippen LogP) is 13.8. The monoisotopic (exact) mass is 643 g/mol. The van der Waals surface area contributed by atoms with Gasteiger partial charge >= 0.3 is 11.9 Å². The normalized spacial score (nSPS) is 12.7. The molecule has 0 aliphatic rings. The van der Waals surface area contributed by atoms with Crippen molar-refractivity contribution in [2.75, 3.05) is 0 Å². The van der Waals surface area contributed by atoms with E-state index < -0.39 is 23.8 Å². The van der Waals surface area contributed by atoms with Gasteiger partial charge in [-0.1, -0.05) is 218 Å². The van der Waals surface area contributed by atoms with Gasteiger partial charge in [0.15, 0.2) is 0 Å². The number of rotatable bonds is 34. The largest absolute Gasteiger partial charge is 0.481 e. The van der Waals surface area contributed by atoms with Crippen molar-refractivity contribution in [1.82, 2.24) is 0 Å². The van der Waals surface area contributed by atoms with E-state index in [9.17, 15) is 19.8 Å². The van der Waals surface area contributed by atoms with Crippen LogP contribution in [0.15, 0.2) is 24.3 Å². The number of benzene rings is 1. The summed E-state index contributed by atoms with van der Waals surface area (Å²) in [5.41, 5.74) is 1.42. The molecule has 1 aromatic rings. The minimum atomic E-state index is -0.831. The van der Waals surface area contributed by atoms with Gasteiger partial charge in [0.25, 0.3) is 0 Å². The molecule has 0 saturated heterocycles. The Labute approximate surface area is 284 Å². The van der Waals surface area contributed by atoms with Crippen LogP contribution in [0.4, 0.5) is 0 Å². The van der Waals surface area contributed by atoms with Crippen LogP contribution < -0.4 is 0 Å². The third kappa shape index (κ3) is 21.9. The van der Waals surface area contributed by atoms with Crippen LogP contribution in [0.5, 0.6) is 0 Å². The second kappa shape index (κ2) is 30.5. The molecule has 0 saturated carbocycles. The van der Waals surface area contributed by atoms with E-state index in [4.69, 9.17) is 0 Å². The van der Waals surface area contributed by atoms with Crippen LogP contribution >= 0.6 is 0 Å². The van der Waals surface area contributed by atoms with E-state index in [1.165, 1.54) is 141 Å². The van der Waals surface area contributed by atoms with Crippen LogP contribution in [-0.4, -0.2) is 22.2 Å². The van der Waals surface area contributed by atoms with Gasteiger partial charge in [-0.05, 0) is 24.0 Å². The molecule has 0 bridgehead atoms. The Morgan fingerprint density at radius 1 is 0.413 bits per heavy atom. The predicted molar refractivity (Wildman–Crippen MR) is 197 cm³/mol. The van der Waals surface area contributed by atoms with Crippen LogP contribution in [-0.2, 0) is 9.59 Å². The number of carbonyl (C=O) groups is 2. The molecule has 0 aromatic heterocycles. The third-order valence-electron chi connectivity index (χ3n) is 10.0. The lowest BCUT2D eigenvalue weighted by Gasteiger charge is -2.21. The molecule has 0 heterocycles. The van der Waals surface area contributed by atoms with E-state index in [1.54, 1.807) is 0 Å². The minimum Gasteiger partial charge on any atom is -0.481 e. The van der Waals surface area contributed by atoms with Crippen LogP contribution in [0, 0.1) is 0 Å². The smallest absolute Gasteiger partial charge is 0.310 e. The summed E-state index contributed by atoms with van der Waals surface area (Å²) in [6.07, 6.45) is 36.9. The molecule has 0 aliphatic carbocycles. The maximum atomic E-state index is 12.4. The Morgan fingerprint density at radius 3 is 0.848 bits per heavy atom. The Balaban J connectivity index is 2.33. The zero-order valence-corrected chi connectivity index (χ0v) is 30.4. The summed E-state index contributed by atoms with van der Waals surface area (Å²) in [5, 5.41) is 20.3. The molecule has 2 N–H and O–H groups in total. The molecule has 1 aromatic carbocycles. The van der Waals surface area contributed by atoms with Gasteiger partial charge in [-0.15, -0.1) is 0 Å². The zero-order chi connectivity index (χ0) is 33.5. The van der Waals surface area contributed by atoms with E-state index in [-0.39, 0.29) is 0 Å². The molecule has 2 unspecified atom stereocenters. The summed E-state index contributed by atoms with van der Waals surface area (Å²) in [6, 6.07) is 7.45. The number of carboxylic acid groups (broad SMARTS) is 2. The van der Waals surface area contributed by atoms with Crippen molar-refractivity contribution < 1.29 is 19.8 Å². The highest BCUT2D eigenvalue weighted by atomic mass is 16.4. The molecule has 0 spiro atoms. The summed E-state index contributed by atoms with van der Waals surface area (Å²) in [5.74, 6) is -2.93. The summed E-state index contributed by atoms with van der Waals surface area (Å²) in [6.45, 7) is 4.53. The molecule has 46 heavy (non-hydrogen) atoms. The second-order valence-corrected chi connectivity index (χ2v) is 14.2. The maximum Gasteiger partial charge on any atom is 0.310 e. The molecule has 4 heteroatoms. The molecule has 1 rings (SSSR count). The van der Waals surface area contributed by atoms with E-state index in [2.05, 4.69) is 13.8 Å². The lowest BCUT2D eigenvalue weighted by Crippen LogP contribution is -2.19. The highest BCUT2D eigenvalue weighted by molar-refractivity contribution is 5.80. The van der Waals surface area contributed by atoms with Crippen molar-refractivity contribution in [3.63, 3.8) is 0 Å². The van der Waals surface area contributed by atoms with E-state index in [0.29, 0.717) is 24.0 Å². The topological polar surface area (TPSA) is 74.6 Å². The van der Waals surface area contributed by atoms with Crippen molar-refractivity contribution in [3.8, 4) is 0 Å². The molecule has 0 fully saturated rings. The lowest BCUT2D eigenvalue weighted by molar-refractivity contribution is -0.140. The Kier molecular flexibility index (Phi) is 28.0. The number of unbranched alkanes of at least 4 members (excludes halogenated alkanes) is 26. The van der Waals surface area contributed by atoms with Crippen molar-refractivity contribution in [3.05, 3.63) is 35.4 Å². The lowest BCUT2D eigenvalue weighted by atomic mass is 9.83. The first-order valence-electron chi connectivity index (χ1n) is 20.1. The fourth-order valence-electron chi connectivity index (χ4n) is 7.06. The third-order valence-corrected chi connectivity index (χ3v) is 10.0. The quantitative estimate of drug-likeness (QED) is 0.0733. The number of aliphatic carboxylic acids is 2. The van der Waals surface area contributed by atoms with Gasteiger partial charge in [-0.3, -0.25) is 9.59 Å². The Bertz CT molecular complexity index is 781. The molecule has 0 aliphatic heterocycles. The average molecular weight is 643 g/mol. The Morgan fingerprint density at radius 2 is 0.630 bits per heavy atom. The Hall–Kier alpha value is -1.84. The van der Waals surface area contributed by atoms with Crippen LogP contribution in [0.1, 0.15) is 229 Å². The summed E-state index contributed by atoms with van der Waals surface area (Å²) in [7, 11) is 0.